The third kappa shape index (κ3) is 8.85. The van der Waals surface area contributed by atoms with Crippen LogP contribution in [0.5, 0.6) is 11.5 Å². The molecule has 0 saturated heterocycles. The molecule has 3 aromatic rings. The van der Waals surface area contributed by atoms with Gasteiger partial charge in [0.1, 0.15) is 18.0 Å². The van der Waals surface area contributed by atoms with Crippen molar-refractivity contribution < 1.29 is 27.5 Å². The second-order valence-corrected chi connectivity index (χ2v) is 10.8. The fourth-order valence-electron chi connectivity index (χ4n) is 3.50. The molecular formula is C28H32N4O6S. The number of hydrazone groups is 1. The number of sulfonamides is 1. The van der Waals surface area contributed by atoms with Gasteiger partial charge < -0.3 is 14.8 Å². The molecule has 39 heavy (non-hydrogen) atoms. The predicted molar refractivity (Wildman–Crippen MR) is 152 cm³/mol. The van der Waals surface area contributed by atoms with E-state index in [1.165, 1.54) is 13.3 Å². The van der Waals surface area contributed by atoms with E-state index in [1.54, 1.807) is 60.7 Å². The van der Waals surface area contributed by atoms with Gasteiger partial charge in [-0.3, -0.25) is 13.9 Å². The first-order valence-electron chi connectivity index (χ1n) is 12.1. The van der Waals surface area contributed by atoms with E-state index in [2.05, 4.69) is 15.8 Å². The van der Waals surface area contributed by atoms with E-state index in [-0.39, 0.29) is 12.5 Å². The summed E-state index contributed by atoms with van der Waals surface area (Å²) in [7, 11) is -2.17. The smallest absolute Gasteiger partial charge is 0.262 e. The highest BCUT2D eigenvalue weighted by Gasteiger charge is 2.21. The van der Waals surface area contributed by atoms with Crippen molar-refractivity contribution in [3.05, 3.63) is 83.9 Å². The van der Waals surface area contributed by atoms with Gasteiger partial charge in [-0.1, -0.05) is 38.1 Å². The zero-order chi connectivity index (χ0) is 28.4. The minimum atomic E-state index is -3.69. The van der Waals surface area contributed by atoms with Gasteiger partial charge in [0.2, 0.25) is 10.0 Å². The van der Waals surface area contributed by atoms with Gasteiger partial charge in [0.25, 0.3) is 11.8 Å². The quantitative estimate of drug-likeness (QED) is 0.260. The minimum Gasteiger partial charge on any atom is -0.495 e. The summed E-state index contributed by atoms with van der Waals surface area (Å²) in [6.45, 7) is 3.47. The Balaban J connectivity index is 1.51. The first kappa shape index (κ1) is 29.2. The highest BCUT2D eigenvalue weighted by Crippen LogP contribution is 2.23. The molecule has 0 atom stereocenters. The molecule has 0 bridgehead atoms. The Morgan fingerprint density at radius 3 is 2.26 bits per heavy atom. The van der Waals surface area contributed by atoms with Crippen LogP contribution in [0, 0.1) is 0 Å². The number of nitrogens with zero attached hydrogens (tertiary/aromatic N) is 2. The van der Waals surface area contributed by atoms with E-state index in [0.29, 0.717) is 34.4 Å². The Bertz CT molecular complexity index is 1400. The van der Waals surface area contributed by atoms with Gasteiger partial charge in [0.15, 0.2) is 6.61 Å². The Kier molecular flexibility index (Phi) is 10.0. The zero-order valence-corrected chi connectivity index (χ0v) is 23.1. The number of carbonyl (C=O) groups is 2. The van der Waals surface area contributed by atoms with Gasteiger partial charge >= 0.3 is 0 Å². The van der Waals surface area contributed by atoms with Gasteiger partial charge in [-0.05, 0) is 65.6 Å². The Morgan fingerprint density at radius 1 is 0.974 bits per heavy atom. The number of carbonyl (C=O) groups excluding carboxylic acids is 2. The van der Waals surface area contributed by atoms with E-state index in [0.717, 1.165) is 16.1 Å². The van der Waals surface area contributed by atoms with Crippen LogP contribution in [0.25, 0.3) is 0 Å². The molecule has 0 radical (unpaired) electrons. The van der Waals surface area contributed by atoms with Gasteiger partial charge in [-0.25, -0.2) is 13.8 Å². The lowest BCUT2D eigenvalue weighted by molar-refractivity contribution is -0.119. The molecule has 0 aromatic heterocycles. The molecule has 11 heteroatoms. The summed E-state index contributed by atoms with van der Waals surface area (Å²) in [5.41, 5.74) is 5.02. The van der Waals surface area contributed by atoms with Crippen LogP contribution in [0.15, 0.2) is 77.9 Å². The summed E-state index contributed by atoms with van der Waals surface area (Å²) >= 11 is 0. The van der Waals surface area contributed by atoms with Crippen LogP contribution in [-0.4, -0.2) is 53.0 Å². The first-order chi connectivity index (χ1) is 18.6. The maximum absolute atomic E-state index is 12.4. The Labute approximate surface area is 228 Å². The molecule has 10 nitrogen and oxygen atoms in total. The normalized spacial score (nSPS) is 11.3. The minimum absolute atomic E-state index is 0.196. The maximum Gasteiger partial charge on any atom is 0.262 e. The van der Waals surface area contributed by atoms with Crippen molar-refractivity contribution in [2.45, 2.75) is 19.8 Å². The SMILES string of the molecule is COc1ccccc1NC(=O)COc1ccc(/C=N\NC(=O)CN(c2ccc(C(C)C)cc2)S(C)(=O)=O)cc1. The van der Waals surface area contributed by atoms with Gasteiger partial charge in [0.05, 0.1) is 31.0 Å². The molecule has 0 fully saturated rings. The number of methoxy groups -OCH3 is 1. The standard InChI is InChI=1S/C28H32N4O6S/c1-20(2)22-11-13-23(14-12-22)32(39(4,35)36)18-27(33)31-29-17-21-9-15-24(16-10-21)38-19-28(34)30-25-7-5-6-8-26(25)37-3/h5-17,20H,18-19H2,1-4H3,(H,30,34)(H,31,33)/b29-17-. The molecule has 0 unspecified atom stereocenters. The molecule has 0 aliphatic rings. The fourth-order valence-corrected chi connectivity index (χ4v) is 4.36. The van der Waals surface area contributed by atoms with Crippen LogP contribution < -0.4 is 24.5 Å². The molecule has 3 rings (SSSR count). The first-order valence-corrected chi connectivity index (χ1v) is 14.0. The second kappa shape index (κ2) is 13.4. The van der Waals surface area contributed by atoms with E-state index in [9.17, 15) is 18.0 Å². The lowest BCUT2D eigenvalue weighted by Crippen LogP contribution is -2.39. The van der Waals surface area contributed by atoms with E-state index >= 15 is 0 Å². The molecule has 0 aliphatic heterocycles. The third-order valence-corrected chi connectivity index (χ3v) is 6.71. The Morgan fingerprint density at radius 2 is 1.64 bits per heavy atom. The fraction of sp³-hybridized carbons (Fsp3) is 0.250. The lowest BCUT2D eigenvalue weighted by atomic mass is 10.0. The number of para-hydroxylation sites is 2. The number of amides is 2. The predicted octanol–water partition coefficient (Wildman–Crippen LogP) is 3.75. The highest BCUT2D eigenvalue weighted by atomic mass is 32.2. The molecule has 0 saturated carbocycles. The van der Waals surface area contributed by atoms with Crippen LogP contribution >= 0.6 is 0 Å². The number of anilines is 2. The molecule has 3 aromatic carbocycles. The molecule has 0 heterocycles. The molecule has 206 valence electrons. The van der Waals surface area contributed by atoms with E-state index < -0.39 is 22.5 Å². The number of rotatable bonds is 12. The maximum atomic E-state index is 12.4. The van der Waals surface area contributed by atoms with Crippen molar-refractivity contribution in [2.75, 3.05) is 36.1 Å². The molecular weight excluding hydrogens is 520 g/mol. The van der Waals surface area contributed by atoms with Crippen molar-refractivity contribution in [3.8, 4) is 11.5 Å². The number of hydrogen-bond donors (Lipinski definition) is 2. The monoisotopic (exact) mass is 552 g/mol. The second-order valence-electron chi connectivity index (χ2n) is 8.92. The highest BCUT2D eigenvalue weighted by molar-refractivity contribution is 7.92. The molecule has 0 spiro atoms. The zero-order valence-electron chi connectivity index (χ0n) is 22.2. The van der Waals surface area contributed by atoms with Crippen LogP contribution in [0.1, 0.15) is 30.9 Å². The van der Waals surface area contributed by atoms with Crippen LogP contribution in [-0.2, 0) is 19.6 Å². The van der Waals surface area contributed by atoms with Crippen LogP contribution in [0.3, 0.4) is 0 Å². The summed E-state index contributed by atoms with van der Waals surface area (Å²) in [4.78, 5) is 24.6. The summed E-state index contributed by atoms with van der Waals surface area (Å²) in [5, 5.41) is 6.64. The number of hydrogen-bond acceptors (Lipinski definition) is 7. The summed E-state index contributed by atoms with van der Waals surface area (Å²) in [6, 6.07) is 20.8. The number of benzene rings is 3. The van der Waals surface area contributed by atoms with Crippen molar-refractivity contribution in [1.82, 2.24) is 5.43 Å². The van der Waals surface area contributed by atoms with Crippen molar-refractivity contribution in [2.24, 2.45) is 5.10 Å². The number of nitrogens with one attached hydrogen (secondary N) is 2. The molecule has 2 N–H and O–H groups in total. The average molecular weight is 553 g/mol. The number of ether oxygens (including phenoxy) is 2. The van der Waals surface area contributed by atoms with Gasteiger partial charge in [0, 0.05) is 0 Å². The van der Waals surface area contributed by atoms with Gasteiger partial charge in [-0.15, -0.1) is 0 Å². The molecule has 2 amide bonds. The van der Waals surface area contributed by atoms with E-state index in [1.807, 2.05) is 26.0 Å². The van der Waals surface area contributed by atoms with Crippen molar-refractivity contribution in [1.29, 1.82) is 0 Å². The van der Waals surface area contributed by atoms with Crippen molar-refractivity contribution >= 4 is 39.4 Å². The molecule has 0 aliphatic carbocycles. The van der Waals surface area contributed by atoms with Crippen LogP contribution in [0.2, 0.25) is 0 Å². The lowest BCUT2D eigenvalue weighted by Gasteiger charge is -2.21. The largest absolute Gasteiger partial charge is 0.495 e. The van der Waals surface area contributed by atoms with Crippen molar-refractivity contribution in [3.63, 3.8) is 0 Å². The van der Waals surface area contributed by atoms with Gasteiger partial charge in [-0.2, -0.15) is 5.10 Å². The van der Waals surface area contributed by atoms with Crippen LogP contribution in [0.4, 0.5) is 11.4 Å². The van der Waals surface area contributed by atoms with E-state index in [4.69, 9.17) is 9.47 Å². The average Bonchev–Trinajstić information content (AvgIpc) is 2.91. The summed E-state index contributed by atoms with van der Waals surface area (Å²) in [5.74, 6) is 0.384. The summed E-state index contributed by atoms with van der Waals surface area (Å²) < 4.78 is 36.3. The third-order valence-electron chi connectivity index (χ3n) is 5.57. The Hall–Kier alpha value is -4.38. The summed E-state index contributed by atoms with van der Waals surface area (Å²) in [6.07, 6.45) is 2.46. The topological polar surface area (TPSA) is 126 Å².